The summed E-state index contributed by atoms with van der Waals surface area (Å²) in [4.78, 5) is 14.5. The molecule has 0 aliphatic carbocycles. The first-order chi connectivity index (χ1) is 8.96. The van der Waals surface area contributed by atoms with Crippen molar-refractivity contribution in [3.63, 3.8) is 0 Å². The fourth-order valence-corrected chi connectivity index (χ4v) is 4.91. The van der Waals surface area contributed by atoms with Gasteiger partial charge in [-0.25, -0.2) is 18.2 Å². The summed E-state index contributed by atoms with van der Waals surface area (Å²) in [7, 11) is -3.84. The summed E-state index contributed by atoms with van der Waals surface area (Å²) in [6.45, 7) is 0.492. The van der Waals surface area contributed by atoms with Crippen LogP contribution in [0.1, 0.15) is 23.3 Å². The van der Waals surface area contributed by atoms with E-state index in [2.05, 4.69) is 4.98 Å². The van der Waals surface area contributed by atoms with Crippen molar-refractivity contribution in [3.05, 3.63) is 11.2 Å². The Bertz CT molecular complexity index is 568. The van der Waals surface area contributed by atoms with Crippen molar-refractivity contribution in [1.82, 2.24) is 9.29 Å². The van der Waals surface area contributed by atoms with Gasteiger partial charge in [-0.05, 0) is 18.8 Å². The van der Waals surface area contributed by atoms with Crippen LogP contribution >= 0.6 is 11.3 Å². The molecule has 106 valence electrons. The second-order valence-corrected chi connectivity index (χ2v) is 7.34. The molecule has 9 heteroatoms. The van der Waals surface area contributed by atoms with Gasteiger partial charge in [0.15, 0.2) is 9.90 Å². The van der Waals surface area contributed by atoms with Gasteiger partial charge < -0.3 is 10.2 Å². The molecule has 0 amide bonds. The lowest BCUT2D eigenvalue weighted by Gasteiger charge is -2.30. The number of aromatic nitrogens is 1. The van der Waals surface area contributed by atoms with Gasteiger partial charge in [0.25, 0.3) is 10.0 Å². The van der Waals surface area contributed by atoms with Gasteiger partial charge in [0.2, 0.25) is 0 Å². The molecule has 0 spiro atoms. The second kappa shape index (κ2) is 5.53. The number of aromatic carboxylic acids is 1. The smallest absolute Gasteiger partial charge is 0.356 e. The third-order valence-corrected chi connectivity index (χ3v) is 6.26. The Balaban J connectivity index is 2.31. The molecule has 1 fully saturated rings. The predicted octanol–water partition coefficient (Wildman–Crippen LogP) is 0.234. The third kappa shape index (κ3) is 2.78. The van der Waals surface area contributed by atoms with Gasteiger partial charge in [-0.2, -0.15) is 4.31 Å². The number of thiazole rings is 1. The molecule has 1 unspecified atom stereocenters. The van der Waals surface area contributed by atoms with Gasteiger partial charge in [-0.15, -0.1) is 11.3 Å². The Kier molecular flexibility index (Phi) is 4.19. The normalized spacial score (nSPS) is 21.4. The third-order valence-electron chi connectivity index (χ3n) is 3.05. The number of aliphatic hydroxyl groups is 1. The van der Waals surface area contributed by atoms with Crippen LogP contribution in [0.15, 0.2) is 9.72 Å². The van der Waals surface area contributed by atoms with Gasteiger partial charge in [0.1, 0.15) is 0 Å². The zero-order valence-corrected chi connectivity index (χ0v) is 11.7. The molecule has 1 aliphatic heterocycles. The van der Waals surface area contributed by atoms with Gasteiger partial charge in [0, 0.05) is 19.7 Å². The lowest BCUT2D eigenvalue weighted by Crippen LogP contribution is -2.41. The number of hydrogen-bond acceptors (Lipinski definition) is 6. The topological polar surface area (TPSA) is 108 Å². The molecule has 19 heavy (non-hydrogen) atoms. The summed E-state index contributed by atoms with van der Waals surface area (Å²) < 4.78 is 25.8. The zero-order valence-electron chi connectivity index (χ0n) is 10.0. The van der Waals surface area contributed by atoms with Crippen molar-refractivity contribution in [2.45, 2.75) is 17.1 Å². The van der Waals surface area contributed by atoms with Crippen molar-refractivity contribution < 1.29 is 23.4 Å². The van der Waals surface area contributed by atoms with E-state index in [0.29, 0.717) is 13.0 Å². The van der Waals surface area contributed by atoms with Crippen molar-refractivity contribution in [3.8, 4) is 0 Å². The Labute approximate surface area is 114 Å². The minimum Gasteiger partial charge on any atom is -0.476 e. The van der Waals surface area contributed by atoms with Gasteiger partial charge in [0.05, 0.1) is 5.51 Å². The number of sulfonamides is 1. The summed E-state index contributed by atoms with van der Waals surface area (Å²) in [5.41, 5.74) is 0.778. The van der Waals surface area contributed by atoms with Crippen LogP contribution in [-0.4, -0.2) is 53.6 Å². The summed E-state index contributed by atoms with van der Waals surface area (Å²) in [5, 5.41) is 18.1. The van der Waals surface area contributed by atoms with E-state index in [9.17, 15) is 13.2 Å². The first kappa shape index (κ1) is 14.4. The number of rotatable bonds is 4. The molecule has 1 aromatic heterocycles. The molecule has 0 radical (unpaired) electrons. The van der Waals surface area contributed by atoms with Crippen LogP contribution in [0, 0.1) is 5.92 Å². The number of nitrogens with zero attached hydrogens (tertiary/aromatic N) is 2. The number of piperidine rings is 1. The molecule has 0 saturated carbocycles. The number of carboxylic acid groups (broad SMARTS) is 1. The van der Waals surface area contributed by atoms with E-state index in [0.717, 1.165) is 17.8 Å². The Morgan fingerprint density at radius 2 is 2.32 bits per heavy atom. The molecular formula is C10H14N2O5S2. The standard InChI is InChI=1S/C10H14N2O5S2/c13-5-7-2-1-3-12(4-7)19(16,17)10-8(9(14)15)11-6-18-10/h6-7,13H,1-5H2,(H,14,15). The number of aliphatic hydroxyl groups excluding tert-OH is 1. The highest BCUT2D eigenvalue weighted by Gasteiger charge is 2.34. The maximum absolute atomic E-state index is 12.4. The fourth-order valence-electron chi connectivity index (χ4n) is 2.07. The Morgan fingerprint density at radius 1 is 1.58 bits per heavy atom. The second-order valence-electron chi connectivity index (χ2n) is 4.35. The zero-order chi connectivity index (χ0) is 14.0. The average molecular weight is 306 g/mol. The van der Waals surface area contributed by atoms with E-state index in [-0.39, 0.29) is 23.3 Å². The van der Waals surface area contributed by atoms with E-state index >= 15 is 0 Å². The minimum atomic E-state index is -3.84. The lowest BCUT2D eigenvalue weighted by molar-refractivity contribution is 0.0687. The van der Waals surface area contributed by atoms with Crippen LogP contribution in [0.2, 0.25) is 0 Å². The van der Waals surface area contributed by atoms with E-state index in [1.807, 2.05) is 0 Å². The minimum absolute atomic E-state index is 0.0690. The van der Waals surface area contributed by atoms with Crippen LogP contribution in [0.4, 0.5) is 0 Å². The predicted molar refractivity (Wildman–Crippen MR) is 67.6 cm³/mol. The molecule has 0 aromatic carbocycles. The van der Waals surface area contributed by atoms with Gasteiger partial charge in [-0.3, -0.25) is 0 Å². The van der Waals surface area contributed by atoms with Crippen molar-refractivity contribution in [2.75, 3.05) is 19.7 Å². The highest BCUT2D eigenvalue weighted by atomic mass is 32.2. The molecule has 0 bridgehead atoms. The van der Waals surface area contributed by atoms with Gasteiger partial charge >= 0.3 is 5.97 Å². The largest absolute Gasteiger partial charge is 0.476 e. The summed E-state index contributed by atoms with van der Waals surface area (Å²) in [6.07, 6.45) is 1.43. The SMILES string of the molecule is O=C(O)c1ncsc1S(=O)(=O)N1CCCC(CO)C1. The van der Waals surface area contributed by atoms with Crippen molar-refractivity contribution in [1.29, 1.82) is 0 Å². The van der Waals surface area contributed by atoms with E-state index in [4.69, 9.17) is 10.2 Å². The quantitative estimate of drug-likeness (QED) is 0.824. The van der Waals surface area contributed by atoms with Crippen molar-refractivity contribution >= 4 is 27.3 Å². The molecule has 1 atom stereocenters. The number of carbonyl (C=O) groups is 1. The number of carboxylic acids is 1. The maximum Gasteiger partial charge on any atom is 0.356 e. The Hall–Kier alpha value is -1.03. The molecule has 1 aliphatic rings. The summed E-state index contributed by atoms with van der Waals surface area (Å²) >= 11 is 0.803. The molecule has 1 saturated heterocycles. The van der Waals surface area contributed by atoms with E-state index in [1.54, 1.807) is 0 Å². The molecule has 7 nitrogen and oxygen atoms in total. The first-order valence-electron chi connectivity index (χ1n) is 5.74. The highest BCUT2D eigenvalue weighted by Crippen LogP contribution is 2.28. The fraction of sp³-hybridized carbons (Fsp3) is 0.600. The summed E-state index contributed by atoms with van der Waals surface area (Å²) in [5.74, 6) is -1.44. The lowest BCUT2D eigenvalue weighted by atomic mass is 10.0. The highest BCUT2D eigenvalue weighted by molar-refractivity contribution is 7.91. The van der Waals surface area contributed by atoms with Crippen LogP contribution in [-0.2, 0) is 10.0 Å². The van der Waals surface area contributed by atoms with Crippen LogP contribution in [0.3, 0.4) is 0 Å². The number of hydrogen-bond donors (Lipinski definition) is 2. The first-order valence-corrected chi connectivity index (χ1v) is 8.06. The molecule has 2 heterocycles. The summed E-state index contributed by atoms with van der Waals surface area (Å²) in [6, 6.07) is 0. The molecule has 2 N–H and O–H groups in total. The molecule has 1 aromatic rings. The van der Waals surface area contributed by atoms with Crippen LogP contribution < -0.4 is 0 Å². The molecular weight excluding hydrogens is 292 g/mol. The van der Waals surface area contributed by atoms with Crippen molar-refractivity contribution in [2.24, 2.45) is 5.92 Å². The van der Waals surface area contributed by atoms with E-state index in [1.165, 1.54) is 9.82 Å². The average Bonchev–Trinajstić information content (AvgIpc) is 2.89. The van der Waals surface area contributed by atoms with E-state index < -0.39 is 21.7 Å². The monoisotopic (exact) mass is 306 g/mol. The Morgan fingerprint density at radius 3 is 2.95 bits per heavy atom. The van der Waals surface area contributed by atoms with Crippen LogP contribution in [0.25, 0.3) is 0 Å². The van der Waals surface area contributed by atoms with Gasteiger partial charge in [-0.1, -0.05) is 0 Å². The maximum atomic E-state index is 12.4. The van der Waals surface area contributed by atoms with Crippen LogP contribution in [0.5, 0.6) is 0 Å². The molecule has 2 rings (SSSR count).